The van der Waals surface area contributed by atoms with Crippen LogP contribution in [0.15, 0.2) is 114 Å². The number of amides is 3. The number of hydrogen-bond donors (Lipinski definition) is 3. The highest BCUT2D eigenvalue weighted by Gasteiger charge is 2.18. The number of non-ortho nitro benzene ring substituents is 1. The second-order valence-corrected chi connectivity index (χ2v) is 10.3. The molecule has 0 aliphatic heterocycles. The van der Waals surface area contributed by atoms with E-state index < -0.39 is 27.8 Å². The predicted molar refractivity (Wildman–Crippen MR) is 160 cm³/mol. The van der Waals surface area contributed by atoms with E-state index in [2.05, 4.69) is 16.0 Å². The third-order valence-corrected chi connectivity index (χ3v) is 6.98. The molecule has 0 spiro atoms. The van der Waals surface area contributed by atoms with E-state index in [1.54, 1.807) is 67.6 Å². The fourth-order valence-electron chi connectivity index (χ4n) is 3.67. The van der Waals surface area contributed by atoms with Crippen LogP contribution in [0.2, 0.25) is 0 Å². The van der Waals surface area contributed by atoms with Gasteiger partial charge in [0.15, 0.2) is 0 Å². The minimum atomic E-state index is -0.615. The van der Waals surface area contributed by atoms with Gasteiger partial charge in [-0.25, -0.2) is 4.39 Å². The molecule has 1 unspecified atom stereocenters. The molecule has 3 amide bonds. The summed E-state index contributed by atoms with van der Waals surface area (Å²) in [6.45, 7) is 1.70. The Balaban J connectivity index is 1.45. The van der Waals surface area contributed by atoms with Crippen molar-refractivity contribution in [2.75, 3.05) is 10.6 Å². The van der Waals surface area contributed by atoms with E-state index in [0.29, 0.717) is 16.8 Å². The number of nitrogens with zero attached hydrogens (tertiary/aromatic N) is 1. The first-order chi connectivity index (χ1) is 20.2. The number of nitro groups is 1. The fourth-order valence-corrected chi connectivity index (χ4v) is 4.54. The van der Waals surface area contributed by atoms with E-state index in [-0.39, 0.29) is 23.0 Å². The molecule has 42 heavy (non-hydrogen) atoms. The number of anilines is 2. The van der Waals surface area contributed by atoms with Crippen molar-refractivity contribution >= 4 is 52.6 Å². The molecule has 4 aromatic carbocycles. The van der Waals surface area contributed by atoms with Crippen LogP contribution >= 0.6 is 11.8 Å². The maximum absolute atomic E-state index is 13.9. The van der Waals surface area contributed by atoms with Gasteiger partial charge in [0.05, 0.1) is 15.9 Å². The van der Waals surface area contributed by atoms with E-state index >= 15 is 0 Å². The van der Waals surface area contributed by atoms with Crippen LogP contribution in [-0.4, -0.2) is 27.9 Å². The zero-order valence-electron chi connectivity index (χ0n) is 22.2. The SMILES string of the molecule is CC(Sc1ccc(NC(=O)/C(=C/c2ccc([N+](=O)[O-])cc2)NC(=O)c2ccccc2)cc1)C(=O)Nc1ccccc1F. The van der Waals surface area contributed by atoms with Crippen LogP contribution < -0.4 is 16.0 Å². The average Bonchev–Trinajstić information content (AvgIpc) is 2.99. The first kappa shape index (κ1) is 29.7. The molecule has 212 valence electrons. The summed E-state index contributed by atoms with van der Waals surface area (Å²) in [5.74, 6) is -2.01. The number of carbonyl (C=O) groups excluding carboxylic acids is 3. The summed E-state index contributed by atoms with van der Waals surface area (Å²) in [5, 5.41) is 18.4. The molecule has 0 fully saturated rings. The number of benzene rings is 4. The smallest absolute Gasteiger partial charge is 0.272 e. The van der Waals surface area contributed by atoms with Gasteiger partial charge in [-0.15, -0.1) is 11.8 Å². The lowest BCUT2D eigenvalue weighted by Gasteiger charge is -2.14. The van der Waals surface area contributed by atoms with Crippen molar-refractivity contribution in [3.8, 4) is 0 Å². The molecule has 9 nitrogen and oxygen atoms in total. The summed E-state index contributed by atoms with van der Waals surface area (Å²) in [6.07, 6.45) is 1.42. The van der Waals surface area contributed by atoms with E-state index in [4.69, 9.17) is 0 Å². The summed E-state index contributed by atoms with van der Waals surface area (Å²) in [5.41, 5.74) is 1.15. The van der Waals surface area contributed by atoms with Gasteiger partial charge in [0.1, 0.15) is 11.5 Å². The van der Waals surface area contributed by atoms with Gasteiger partial charge < -0.3 is 16.0 Å². The number of thioether (sulfide) groups is 1. The molecule has 0 saturated carbocycles. The number of carbonyl (C=O) groups is 3. The van der Waals surface area contributed by atoms with Gasteiger partial charge in [0.25, 0.3) is 17.5 Å². The third-order valence-electron chi connectivity index (χ3n) is 5.87. The number of nitrogens with one attached hydrogen (secondary N) is 3. The van der Waals surface area contributed by atoms with E-state index in [9.17, 15) is 28.9 Å². The molecule has 3 N–H and O–H groups in total. The average molecular weight is 585 g/mol. The highest BCUT2D eigenvalue weighted by molar-refractivity contribution is 8.00. The minimum absolute atomic E-state index is 0.0744. The Bertz CT molecular complexity index is 1630. The Morgan fingerprint density at radius 2 is 1.50 bits per heavy atom. The van der Waals surface area contributed by atoms with E-state index in [1.807, 2.05) is 0 Å². The van der Waals surface area contributed by atoms with Crippen LogP contribution in [0.25, 0.3) is 6.08 Å². The molecule has 4 rings (SSSR count). The van der Waals surface area contributed by atoms with E-state index in [0.717, 1.165) is 4.90 Å². The molecule has 0 radical (unpaired) electrons. The van der Waals surface area contributed by atoms with Crippen molar-refractivity contribution in [3.63, 3.8) is 0 Å². The van der Waals surface area contributed by atoms with Crippen LogP contribution in [0.4, 0.5) is 21.5 Å². The predicted octanol–water partition coefficient (Wildman–Crippen LogP) is 6.26. The molecular formula is C31H25FN4O5S. The van der Waals surface area contributed by atoms with Crippen molar-refractivity contribution in [2.24, 2.45) is 0 Å². The first-order valence-corrected chi connectivity index (χ1v) is 13.5. The molecular weight excluding hydrogens is 559 g/mol. The number of rotatable bonds is 10. The standard InChI is InChI=1S/C31H25FN4O5S/c1-20(29(37)34-27-10-6-5-9-26(27)32)42-25-17-13-23(14-18-25)33-31(39)28(35-30(38)22-7-3-2-4-8-22)19-21-11-15-24(16-12-21)36(40)41/h2-20H,1H3,(H,33,39)(H,34,37)(H,35,38)/b28-19-. The number of nitro benzene ring substituents is 1. The van der Waals surface area contributed by atoms with E-state index in [1.165, 1.54) is 60.3 Å². The molecule has 0 aliphatic carbocycles. The Morgan fingerprint density at radius 1 is 0.857 bits per heavy atom. The zero-order valence-corrected chi connectivity index (χ0v) is 23.1. The van der Waals surface area contributed by atoms with Crippen molar-refractivity contribution in [1.82, 2.24) is 5.32 Å². The van der Waals surface area contributed by atoms with Crippen LogP contribution in [0.3, 0.4) is 0 Å². The Labute approximate surface area is 245 Å². The summed E-state index contributed by atoms with van der Waals surface area (Å²) in [7, 11) is 0. The van der Waals surface area contributed by atoms with Crippen LogP contribution in [-0.2, 0) is 9.59 Å². The van der Waals surface area contributed by atoms with Gasteiger partial charge in [0, 0.05) is 28.3 Å². The molecule has 0 bridgehead atoms. The fraction of sp³-hybridized carbons (Fsp3) is 0.0645. The maximum atomic E-state index is 13.9. The summed E-state index contributed by atoms with van der Waals surface area (Å²) < 4.78 is 13.9. The second-order valence-electron chi connectivity index (χ2n) is 8.93. The normalized spacial score (nSPS) is 11.7. The number of halogens is 1. The highest BCUT2D eigenvalue weighted by Crippen LogP contribution is 2.26. The summed E-state index contributed by atoms with van der Waals surface area (Å²) in [6, 6.07) is 26.5. The minimum Gasteiger partial charge on any atom is -0.323 e. The topological polar surface area (TPSA) is 130 Å². The van der Waals surface area contributed by atoms with Gasteiger partial charge in [-0.1, -0.05) is 30.3 Å². The van der Waals surface area contributed by atoms with Crippen molar-refractivity contribution in [3.05, 3.63) is 136 Å². The third kappa shape index (κ3) is 8.12. The molecule has 4 aromatic rings. The molecule has 1 atom stereocenters. The Hall–Kier alpha value is -5.29. The van der Waals surface area contributed by atoms with Crippen molar-refractivity contribution < 1.29 is 23.7 Å². The Kier molecular flexibility index (Phi) is 9.80. The van der Waals surface area contributed by atoms with Gasteiger partial charge >= 0.3 is 0 Å². The summed E-state index contributed by atoms with van der Waals surface area (Å²) in [4.78, 5) is 49.7. The van der Waals surface area contributed by atoms with Crippen LogP contribution in [0.1, 0.15) is 22.8 Å². The second kappa shape index (κ2) is 13.9. The first-order valence-electron chi connectivity index (χ1n) is 12.7. The maximum Gasteiger partial charge on any atom is 0.272 e. The van der Waals surface area contributed by atoms with Gasteiger partial charge in [-0.2, -0.15) is 0 Å². The quantitative estimate of drug-likeness (QED) is 0.0873. The van der Waals surface area contributed by atoms with Crippen LogP contribution in [0.5, 0.6) is 0 Å². The lowest BCUT2D eigenvalue weighted by Crippen LogP contribution is -2.30. The molecule has 11 heteroatoms. The van der Waals surface area contributed by atoms with Crippen molar-refractivity contribution in [2.45, 2.75) is 17.1 Å². The molecule has 0 heterocycles. The van der Waals surface area contributed by atoms with Gasteiger partial charge in [-0.05, 0) is 79.2 Å². The molecule has 0 aliphatic rings. The molecule has 0 saturated heterocycles. The lowest BCUT2D eigenvalue weighted by molar-refractivity contribution is -0.384. The summed E-state index contributed by atoms with van der Waals surface area (Å²) >= 11 is 1.26. The van der Waals surface area contributed by atoms with Gasteiger partial charge in [0.2, 0.25) is 5.91 Å². The highest BCUT2D eigenvalue weighted by atomic mass is 32.2. The zero-order chi connectivity index (χ0) is 30.1. The van der Waals surface area contributed by atoms with Crippen LogP contribution in [0, 0.1) is 15.9 Å². The lowest BCUT2D eigenvalue weighted by atomic mass is 10.1. The largest absolute Gasteiger partial charge is 0.323 e. The number of para-hydroxylation sites is 1. The number of hydrogen-bond acceptors (Lipinski definition) is 6. The monoisotopic (exact) mass is 584 g/mol. The Morgan fingerprint density at radius 3 is 2.14 bits per heavy atom. The van der Waals surface area contributed by atoms with Gasteiger partial charge in [-0.3, -0.25) is 24.5 Å². The van der Waals surface area contributed by atoms with Crippen molar-refractivity contribution in [1.29, 1.82) is 0 Å². The molecule has 0 aromatic heterocycles.